The molecule has 2 rings (SSSR count). The minimum atomic E-state index is -3.99. The van der Waals surface area contributed by atoms with Gasteiger partial charge in [0.05, 0.1) is 18.1 Å². The Labute approximate surface area is 162 Å². The second-order valence-electron chi connectivity index (χ2n) is 5.96. The van der Waals surface area contributed by atoms with Crippen molar-refractivity contribution in [3.63, 3.8) is 0 Å². The first-order chi connectivity index (χ1) is 13.2. The van der Waals surface area contributed by atoms with E-state index >= 15 is 0 Å². The Bertz CT molecular complexity index is 973. The van der Waals surface area contributed by atoms with Gasteiger partial charge in [0.2, 0.25) is 15.9 Å². The van der Waals surface area contributed by atoms with E-state index in [0.29, 0.717) is 17.7 Å². The number of sulfonamides is 1. The van der Waals surface area contributed by atoms with Crippen molar-refractivity contribution in [2.75, 3.05) is 12.4 Å². The molecule has 2 N–H and O–H groups in total. The standard InChI is InChI=1S/C18H21N3O6S/c1-4-18(22)19-14-7-5-13(6-8-14)12(2)20-28(25,26)17-10-9-15(21(23)24)11-16(17)27-3/h5-12,20H,4H2,1-3H3,(H,19,22). The molecule has 1 atom stereocenters. The number of nitro benzene ring substituents is 1. The minimum absolute atomic E-state index is 0.119. The third kappa shape index (κ3) is 5.05. The summed E-state index contributed by atoms with van der Waals surface area (Å²) in [6, 6.07) is 9.48. The van der Waals surface area contributed by atoms with Crippen LogP contribution in [0.4, 0.5) is 11.4 Å². The number of ether oxygens (including phenoxy) is 1. The van der Waals surface area contributed by atoms with Crippen LogP contribution in [-0.4, -0.2) is 26.4 Å². The number of nitrogens with one attached hydrogen (secondary N) is 2. The molecule has 0 saturated heterocycles. The van der Waals surface area contributed by atoms with Crippen LogP contribution in [0.3, 0.4) is 0 Å². The lowest BCUT2D eigenvalue weighted by Crippen LogP contribution is -2.27. The number of nitrogens with zero attached hydrogens (tertiary/aromatic N) is 1. The maximum Gasteiger partial charge on any atom is 0.273 e. The van der Waals surface area contributed by atoms with Gasteiger partial charge in [0, 0.05) is 24.2 Å². The summed E-state index contributed by atoms with van der Waals surface area (Å²) in [5.74, 6) is -0.238. The molecule has 2 aromatic rings. The van der Waals surface area contributed by atoms with Crippen LogP contribution >= 0.6 is 0 Å². The van der Waals surface area contributed by atoms with Gasteiger partial charge in [-0.15, -0.1) is 0 Å². The van der Waals surface area contributed by atoms with E-state index in [9.17, 15) is 23.3 Å². The van der Waals surface area contributed by atoms with Crippen molar-refractivity contribution in [3.05, 3.63) is 58.1 Å². The van der Waals surface area contributed by atoms with Crippen LogP contribution < -0.4 is 14.8 Å². The molecule has 150 valence electrons. The Kier molecular flexibility index (Phi) is 6.71. The van der Waals surface area contributed by atoms with Crippen LogP contribution in [0.15, 0.2) is 47.4 Å². The first kappa shape index (κ1) is 21.3. The number of anilines is 1. The number of methoxy groups -OCH3 is 1. The molecule has 10 heteroatoms. The minimum Gasteiger partial charge on any atom is -0.495 e. The predicted octanol–water partition coefficient (Wildman–Crippen LogP) is 2.99. The number of rotatable bonds is 8. The largest absolute Gasteiger partial charge is 0.495 e. The van der Waals surface area contributed by atoms with Crippen LogP contribution in [-0.2, 0) is 14.8 Å². The zero-order valence-electron chi connectivity index (χ0n) is 15.6. The van der Waals surface area contributed by atoms with Crippen molar-refractivity contribution in [3.8, 4) is 5.75 Å². The summed E-state index contributed by atoms with van der Waals surface area (Å²) < 4.78 is 32.9. The van der Waals surface area contributed by atoms with Gasteiger partial charge in [-0.1, -0.05) is 19.1 Å². The number of non-ortho nitro benzene ring substituents is 1. The molecule has 0 aromatic heterocycles. The molecule has 0 aliphatic heterocycles. The Morgan fingerprint density at radius 1 is 1.21 bits per heavy atom. The van der Waals surface area contributed by atoms with E-state index < -0.39 is 21.0 Å². The van der Waals surface area contributed by atoms with Gasteiger partial charge >= 0.3 is 0 Å². The van der Waals surface area contributed by atoms with Crippen LogP contribution in [0.5, 0.6) is 5.75 Å². The quantitative estimate of drug-likeness (QED) is 0.511. The maximum absolute atomic E-state index is 12.7. The number of amides is 1. The fourth-order valence-electron chi connectivity index (χ4n) is 2.46. The molecule has 0 saturated carbocycles. The molecule has 0 radical (unpaired) electrons. The van der Waals surface area contributed by atoms with E-state index in [1.807, 2.05) is 0 Å². The third-order valence-corrected chi connectivity index (χ3v) is 5.58. The Morgan fingerprint density at radius 2 is 1.86 bits per heavy atom. The summed E-state index contributed by atoms with van der Waals surface area (Å²) in [5.41, 5.74) is 1.02. The molecule has 0 bridgehead atoms. The van der Waals surface area contributed by atoms with E-state index in [4.69, 9.17) is 4.74 Å². The zero-order chi connectivity index (χ0) is 20.9. The van der Waals surface area contributed by atoms with Crippen molar-refractivity contribution in [1.29, 1.82) is 0 Å². The van der Waals surface area contributed by atoms with Crippen LogP contribution in [0.25, 0.3) is 0 Å². The highest BCUT2D eigenvalue weighted by Crippen LogP contribution is 2.29. The van der Waals surface area contributed by atoms with E-state index in [0.717, 1.165) is 18.2 Å². The lowest BCUT2D eigenvalue weighted by Gasteiger charge is -2.16. The molecule has 0 aliphatic carbocycles. The smallest absolute Gasteiger partial charge is 0.273 e. The van der Waals surface area contributed by atoms with Gasteiger partial charge in [0.15, 0.2) is 0 Å². The zero-order valence-corrected chi connectivity index (χ0v) is 16.4. The van der Waals surface area contributed by atoms with Crippen molar-refractivity contribution >= 4 is 27.3 Å². The van der Waals surface area contributed by atoms with E-state index in [1.165, 1.54) is 7.11 Å². The van der Waals surface area contributed by atoms with Crippen LogP contribution in [0, 0.1) is 10.1 Å². The average molecular weight is 407 g/mol. The summed E-state index contributed by atoms with van der Waals surface area (Å²) in [6.07, 6.45) is 0.356. The summed E-state index contributed by atoms with van der Waals surface area (Å²) in [6.45, 7) is 3.40. The SMILES string of the molecule is CCC(=O)Nc1ccc(C(C)NS(=O)(=O)c2ccc([N+](=O)[O-])cc2OC)cc1. The molecule has 28 heavy (non-hydrogen) atoms. The fraction of sp³-hybridized carbons (Fsp3) is 0.278. The Hall–Kier alpha value is -2.98. The lowest BCUT2D eigenvalue weighted by atomic mass is 10.1. The molecule has 1 unspecified atom stereocenters. The first-order valence-electron chi connectivity index (χ1n) is 8.42. The van der Waals surface area contributed by atoms with Gasteiger partial charge in [-0.05, 0) is 30.7 Å². The molecule has 9 nitrogen and oxygen atoms in total. The van der Waals surface area contributed by atoms with E-state index in [-0.39, 0.29) is 22.2 Å². The van der Waals surface area contributed by atoms with Gasteiger partial charge in [-0.2, -0.15) is 0 Å². The highest BCUT2D eigenvalue weighted by atomic mass is 32.2. The monoisotopic (exact) mass is 407 g/mol. The second-order valence-corrected chi connectivity index (χ2v) is 7.64. The van der Waals surface area contributed by atoms with Gasteiger partial charge in [-0.3, -0.25) is 14.9 Å². The summed E-state index contributed by atoms with van der Waals surface area (Å²) in [7, 11) is -2.75. The van der Waals surface area contributed by atoms with E-state index in [2.05, 4.69) is 10.0 Å². The number of hydrogen-bond donors (Lipinski definition) is 2. The summed E-state index contributed by atoms with van der Waals surface area (Å²) in [4.78, 5) is 21.5. The first-order valence-corrected chi connectivity index (χ1v) is 9.90. The topological polar surface area (TPSA) is 128 Å². The fourth-order valence-corrected chi connectivity index (χ4v) is 3.84. The van der Waals surface area contributed by atoms with Gasteiger partial charge in [0.25, 0.3) is 5.69 Å². The molecular formula is C18H21N3O6S. The van der Waals surface area contributed by atoms with Crippen molar-refractivity contribution in [2.45, 2.75) is 31.2 Å². The van der Waals surface area contributed by atoms with E-state index in [1.54, 1.807) is 38.1 Å². The van der Waals surface area contributed by atoms with Gasteiger partial charge < -0.3 is 10.1 Å². The number of carbonyl (C=O) groups is 1. The van der Waals surface area contributed by atoms with Gasteiger partial charge in [0.1, 0.15) is 10.6 Å². The summed E-state index contributed by atoms with van der Waals surface area (Å²) in [5, 5.41) is 13.6. The van der Waals surface area contributed by atoms with Crippen LogP contribution in [0.1, 0.15) is 31.9 Å². The lowest BCUT2D eigenvalue weighted by molar-refractivity contribution is -0.385. The maximum atomic E-state index is 12.7. The Balaban J connectivity index is 2.21. The number of carbonyl (C=O) groups excluding carboxylic acids is 1. The molecule has 0 spiro atoms. The molecular weight excluding hydrogens is 386 g/mol. The number of hydrogen-bond acceptors (Lipinski definition) is 6. The Morgan fingerprint density at radius 3 is 2.39 bits per heavy atom. The summed E-state index contributed by atoms with van der Waals surface area (Å²) >= 11 is 0. The normalized spacial score (nSPS) is 12.2. The molecule has 0 heterocycles. The van der Waals surface area contributed by atoms with Crippen LogP contribution in [0.2, 0.25) is 0 Å². The molecule has 2 aromatic carbocycles. The highest BCUT2D eigenvalue weighted by Gasteiger charge is 2.24. The molecule has 1 amide bonds. The number of benzene rings is 2. The average Bonchev–Trinajstić information content (AvgIpc) is 2.67. The third-order valence-electron chi connectivity index (χ3n) is 4.00. The van der Waals surface area contributed by atoms with Crippen molar-refractivity contribution < 1.29 is 22.9 Å². The second kappa shape index (κ2) is 8.81. The molecule has 0 aliphatic rings. The highest BCUT2D eigenvalue weighted by molar-refractivity contribution is 7.89. The van der Waals surface area contributed by atoms with Gasteiger partial charge in [-0.25, -0.2) is 13.1 Å². The van der Waals surface area contributed by atoms with Crippen molar-refractivity contribution in [1.82, 2.24) is 4.72 Å². The van der Waals surface area contributed by atoms with Crippen molar-refractivity contribution in [2.24, 2.45) is 0 Å². The number of nitro groups is 1. The predicted molar refractivity (Wildman–Crippen MR) is 104 cm³/mol. The molecule has 0 fully saturated rings.